The maximum Gasteiger partial charge on any atom is 0.310 e. The monoisotopic (exact) mass is 315 g/mol. The summed E-state index contributed by atoms with van der Waals surface area (Å²) in [6.45, 7) is 2.82. The first-order valence-corrected chi connectivity index (χ1v) is 8.69. The van der Waals surface area contributed by atoms with Crippen molar-refractivity contribution in [3.8, 4) is 0 Å². The van der Waals surface area contributed by atoms with Gasteiger partial charge >= 0.3 is 5.91 Å². The summed E-state index contributed by atoms with van der Waals surface area (Å²) in [5.74, 6) is 0.396. The van der Waals surface area contributed by atoms with E-state index in [4.69, 9.17) is 4.42 Å². The highest BCUT2D eigenvalue weighted by Gasteiger charge is 2.36. The third-order valence-electron chi connectivity index (χ3n) is 3.50. The van der Waals surface area contributed by atoms with Crippen LogP contribution >= 0.6 is 0 Å². The number of nitrogens with zero attached hydrogens (tertiary/aromatic N) is 3. The minimum atomic E-state index is -3.05. The van der Waals surface area contributed by atoms with Gasteiger partial charge in [-0.25, -0.2) is 13.4 Å². The Balaban J connectivity index is 2.17. The second-order valence-corrected chi connectivity index (χ2v) is 7.86. The van der Waals surface area contributed by atoms with Crippen molar-refractivity contribution in [1.82, 2.24) is 14.8 Å². The summed E-state index contributed by atoms with van der Waals surface area (Å²) >= 11 is 0. The fraction of sp³-hybridized carbons (Fsp3) is 0.692. The Kier molecular flexibility index (Phi) is 4.67. The first kappa shape index (κ1) is 16.0. The topological polar surface area (TPSA) is 83.7 Å². The molecule has 1 aliphatic heterocycles. The van der Waals surface area contributed by atoms with E-state index >= 15 is 0 Å². The molecule has 0 bridgehead atoms. The Labute approximate surface area is 124 Å². The van der Waals surface area contributed by atoms with Crippen LogP contribution < -0.4 is 0 Å². The minimum Gasteiger partial charge on any atom is -0.438 e. The Hall–Kier alpha value is -1.41. The lowest BCUT2D eigenvalue weighted by Crippen LogP contribution is -2.44. The lowest BCUT2D eigenvalue weighted by Gasteiger charge is -2.28. The van der Waals surface area contributed by atoms with Crippen molar-refractivity contribution in [3.63, 3.8) is 0 Å². The summed E-state index contributed by atoms with van der Waals surface area (Å²) in [4.78, 5) is 20.0. The molecule has 1 atom stereocenters. The highest BCUT2D eigenvalue weighted by molar-refractivity contribution is 7.91. The zero-order valence-electron chi connectivity index (χ0n) is 12.6. The number of hydrogen-bond donors (Lipinski definition) is 0. The molecule has 8 heteroatoms. The predicted molar refractivity (Wildman–Crippen MR) is 77.9 cm³/mol. The summed E-state index contributed by atoms with van der Waals surface area (Å²) in [7, 11) is 0.764. The van der Waals surface area contributed by atoms with Crippen molar-refractivity contribution in [2.24, 2.45) is 0 Å². The number of likely N-dealkylation sites (N-methyl/N-ethyl adjacent to an activating group) is 1. The van der Waals surface area contributed by atoms with Gasteiger partial charge in [-0.3, -0.25) is 4.79 Å². The van der Waals surface area contributed by atoms with Crippen molar-refractivity contribution < 1.29 is 17.6 Å². The molecule has 0 spiro atoms. The standard InChI is InChI=1S/C13H21N3O4S/c1-10-8-14-12(20-10)13(17)16(6-5-15(2)3)11-4-7-21(18,19)9-11/h8,11H,4-7,9H2,1-3H3. The lowest BCUT2D eigenvalue weighted by atomic mass is 10.2. The Morgan fingerprint density at radius 1 is 1.43 bits per heavy atom. The number of aromatic nitrogens is 1. The molecular formula is C13H21N3O4S. The predicted octanol–water partition coefficient (Wildman–Crippen LogP) is 0.174. The number of hydrogen-bond acceptors (Lipinski definition) is 6. The molecule has 1 fully saturated rings. The van der Waals surface area contributed by atoms with Gasteiger partial charge in [-0.1, -0.05) is 0 Å². The minimum absolute atomic E-state index is 0.0197. The van der Waals surface area contributed by atoms with Gasteiger partial charge in [0.2, 0.25) is 0 Å². The van der Waals surface area contributed by atoms with Crippen molar-refractivity contribution in [1.29, 1.82) is 0 Å². The van der Waals surface area contributed by atoms with Crippen LogP contribution in [0.15, 0.2) is 10.6 Å². The second-order valence-electron chi connectivity index (χ2n) is 5.63. The largest absolute Gasteiger partial charge is 0.438 e. The van der Waals surface area contributed by atoms with E-state index in [0.29, 0.717) is 25.3 Å². The van der Waals surface area contributed by atoms with Crippen molar-refractivity contribution in [3.05, 3.63) is 17.8 Å². The molecular weight excluding hydrogens is 294 g/mol. The SMILES string of the molecule is Cc1cnc(C(=O)N(CCN(C)C)C2CCS(=O)(=O)C2)o1. The van der Waals surface area contributed by atoms with E-state index in [1.165, 1.54) is 6.20 Å². The fourth-order valence-electron chi connectivity index (χ4n) is 2.36. The van der Waals surface area contributed by atoms with E-state index in [1.54, 1.807) is 11.8 Å². The lowest BCUT2D eigenvalue weighted by molar-refractivity contribution is 0.0641. The molecule has 0 radical (unpaired) electrons. The Bertz CT molecular complexity index is 609. The van der Waals surface area contributed by atoms with E-state index in [2.05, 4.69) is 4.98 Å². The molecule has 1 aromatic heterocycles. The molecule has 1 saturated heterocycles. The molecule has 0 N–H and O–H groups in total. The van der Waals surface area contributed by atoms with Crippen molar-refractivity contribution in [2.75, 3.05) is 38.7 Å². The number of amides is 1. The van der Waals surface area contributed by atoms with E-state index in [1.807, 2.05) is 19.0 Å². The van der Waals surface area contributed by atoms with Gasteiger partial charge in [0.05, 0.1) is 17.7 Å². The van der Waals surface area contributed by atoms with Crippen LogP contribution in [-0.2, 0) is 9.84 Å². The number of carbonyl (C=O) groups is 1. The van der Waals surface area contributed by atoms with Crippen LogP contribution in [-0.4, -0.2) is 73.8 Å². The van der Waals surface area contributed by atoms with Crippen LogP contribution in [0, 0.1) is 6.92 Å². The summed E-state index contributed by atoms with van der Waals surface area (Å²) < 4.78 is 28.6. The molecule has 1 aliphatic rings. The number of sulfone groups is 1. The van der Waals surface area contributed by atoms with Crippen LogP contribution in [0.5, 0.6) is 0 Å². The molecule has 0 saturated carbocycles. The first-order valence-electron chi connectivity index (χ1n) is 6.87. The van der Waals surface area contributed by atoms with E-state index in [0.717, 1.165) is 0 Å². The number of oxazole rings is 1. The van der Waals surface area contributed by atoms with E-state index < -0.39 is 9.84 Å². The van der Waals surface area contributed by atoms with Gasteiger partial charge in [-0.05, 0) is 27.4 Å². The third-order valence-corrected chi connectivity index (χ3v) is 5.25. The van der Waals surface area contributed by atoms with Gasteiger partial charge in [-0.15, -0.1) is 0 Å². The normalized spacial score (nSPS) is 20.9. The zero-order chi connectivity index (χ0) is 15.6. The molecule has 0 aromatic carbocycles. The molecule has 0 aliphatic carbocycles. The quantitative estimate of drug-likeness (QED) is 0.770. The number of rotatable bonds is 5. The molecule has 7 nitrogen and oxygen atoms in total. The summed E-state index contributed by atoms with van der Waals surface area (Å²) in [6.07, 6.45) is 1.96. The van der Waals surface area contributed by atoms with Crippen LogP contribution in [0.25, 0.3) is 0 Å². The van der Waals surface area contributed by atoms with Crippen LogP contribution in [0.2, 0.25) is 0 Å². The average Bonchev–Trinajstić information content (AvgIpc) is 2.95. The van der Waals surface area contributed by atoms with E-state index in [9.17, 15) is 13.2 Å². The van der Waals surface area contributed by atoms with E-state index in [-0.39, 0.29) is 29.3 Å². The third kappa shape index (κ3) is 4.04. The molecule has 1 aromatic rings. The summed E-state index contributed by atoms with van der Waals surface area (Å²) in [5, 5.41) is 0. The van der Waals surface area contributed by atoms with Crippen LogP contribution in [0.3, 0.4) is 0 Å². The molecule has 1 amide bonds. The van der Waals surface area contributed by atoms with Crippen LogP contribution in [0.1, 0.15) is 22.9 Å². The van der Waals surface area contributed by atoms with Gasteiger partial charge < -0.3 is 14.2 Å². The Morgan fingerprint density at radius 2 is 2.14 bits per heavy atom. The highest BCUT2D eigenvalue weighted by atomic mass is 32.2. The number of aryl methyl sites for hydroxylation is 1. The fourth-order valence-corrected chi connectivity index (χ4v) is 4.09. The van der Waals surface area contributed by atoms with Gasteiger partial charge in [0.1, 0.15) is 5.76 Å². The zero-order valence-corrected chi connectivity index (χ0v) is 13.4. The molecule has 118 valence electrons. The van der Waals surface area contributed by atoms with Crippen molar-refractivity contribution >= 4 is 15.7 Å². The number of carbonyl (C=O) groups excluding carboxylic acids is 1. The summed E-state index contributed by atoms with van der Waals surface area (Å²) in [5.41, 5.74) is 0. The van der Waals surface area contributed by atoms with Gasteiger partial charge in [-0.2, -0.15) is 0 Å². The summed E-state index contributed by atoms with van der Waals surface area (Å²) in [6, 6.07) is -0.297. The molecule has 2 rings (SSSR count). The smallest absolute Gasteiger partial charge is 0.310 e. The maximum absolute atomic E-state index is 12.5. The van der Waals surface area contributed by atoms with Gasteiger partial charge in [0.25, 0.3) is 5.89 Å². The first-order chi connectivity index (χ1) is 9.78. The van der Waals surface area contributed by atoms with Crippen LogP contribution in [0.4, 0.5) is 0 Å². The van der Waals surface area contributed by atoms with Gasteiger partial charge in [0, 0.05) is 19.1 Å². The maximum atomic E-state index is 12.5. The molecule has 1 unspecified atom stereocenters. The second kappa shape index (κ2) is 6.15. The highest BCUT2D eigenvalue weighted by Crippen LogP contribution is 2.20. The van der Waals surface area contributed by atoms with Crippen molar-refractivity contribution in [2.45, 2.75) is 19.4 Å². The average molecular weight is 315 g/mol. The Morgan fingerprint density at radius 3 is 2.62 bits per heavy atom. The molecule has 21 heavy (non-hydrogen) atoms. The van der Waals surface area contributed by atoms with Gasteiger partial charge in [0.15, 0.2) is 9.84 Å². The molecule has 2 heterocycles.